The fourth-order valence-electron chi connectivity index (χ4n) is 2.31. The van der Waals surface area contributed by atoms with E-state index in [1.54, 1.807) is 12.0 Å². The molecule has 2 atom stereocenters. The van der Waals surface area contributed by atoms with Crippen molar-refractivity contribution in [2.24, 2.45) is 5.92 Å². The van der Waals surface area contributed by atoms with Crippen molar-refractivity contribution in [2.45, 2.75) is 25.9 Å². The maximum absolute atomic E-state index is 12.2. The summed E-state index contributed by atoms with van der Waals surface area (Å²) >= 11 is 0. The highest BCUT2D eigenvalue weighted by Gasteiger charge is 2.27. The Kier molecular flexibility index (Phi) is 4.43. The number of aliphatic hydroxyl groups excluding tert-OH is 1. The van der Waals surface area contributed by atoms with E-state index in [1.807, 2.05) is 31.2 Å². The molecule has 2 rings (SSSR count). The van der Waals surface area contributed by atoms with Gasteiger partial charge in [-0.2, -0.15) is 0 Å². The number of ether oxygens (including phenoxy) is 1. The molecule has 1 heterocycles. The second kappa shape index (κ2) is 6.06. The topological polar surface area (TPSA) is 49.8 Å². The van der Waals surface area contributed by atoms with Gasteiger partial charge in [0.1, 0.15) is 5.75 Å². The second-order valence-corrected chi connectivity index (χ2v) is 5.20. The zero-order valence-electron chi connectivity index (χ0n) is 11.5. The largest absolute Gasteiger partial charge is 0.497 e. The van der Waals surface area contributed by atoms with Crippen molar-refractivity contribution in [1.82, 2.24) is 4.90 Å². The van der Waals surface area contributed by atoms with Crippen LogP contribution in [0.3, 0.4) is 0 Å². The lowest BCUT2D eigenvalue weighted by atomic mass is 9.95. The van der Waals surface area contributed by atoms with Crippen LogP contribution in [0.5, 0.6) is 5.75 Å². The monoisotopic (exact) mass is 263 g/mol. The standard InChI is InChI=1S/C15H21NO3/c1-11-7-8-16(10-14(11)17)15(18)9-12-3-5-13(19-2)6-4-12/h3-6,11,14,17H,7-10H2,1-2H3. The molecule has 2 unspecified atom stereocenters. The molecule has 4 nitrogen and oxygen atoms in total. The molecule has 1 N–H and O–H groups in total. The minimum Gasteiger partial charge on any atom is -0.497 e. The van der Waals surface area contributed by atoms with E-state index in [0.717, 1.165) is 24.3 Å². The molecule has 1 aromatic carbocycles. The Morgan fingerprint density at radius 2 is 2.11 bits per heavy atom. The molecule has 1 aromatic rings. The van der Waals surface area contributed by atoms with Gasteiger partial charge in [-0.3, -0.25) is 4.79 Å². The summed E-state index contributed by atoms with van der Waals surface area (Å²) in [5.41, 5.74) is 0.971. The van der Waals surface area contributed by atoms with Crippen LogP contribution in [0.15, 0.2) is 24.3 Å². The van der Waals surface area contributed by atoms with Crippen molar-refractivity contribution in [2.75, 3.05) is 20.2 Å². The quantitative estimate of drug-likeness (QED) is 0.898. The van der Waals surface area contributed by atoms with Crippen molar-refractivity contribution < 1.29 is 14.6 Å². The van der Waals surface area contributed by atoms with Gasteiger partial charge >= 0.3 is 0 Å². The third-order valence-corrected chi connectivity index (χ3v) is 3.79. The number of carbonyl (C=O) groups is 1. The molecule has 4 heteroatoms. The van der Waals surface area contributed by atoms with Crippen LogP contribution < -0.4 is 4.74 Å². The fourth-order valence-corrected chi connectivity index (χ4v) is 2.31. The van der Waals surface area contributed by atoms with Gasteiger partial charge in [0.15, 0.2) is 0 Å². The Labute approximate surface area is 114 Å². The number of benzene rings is 1. The molecule has 1 aliphatic rings. The van der Waals surface area contributed by atoms with Gasteiger partial charge in [-0.05, 0) is 30.0 Å². The highest BCUT2D eigenvalue weighted by Crippen LogP contribution is 2.18. The fraction of sp³-hybridized carbons (Fsp3) is 0.533. The molecular weight excluding hydrogens is 242 g/mol. The van der Waals surface area contributed by atoms with Crippen LogP contribution in [-0.4, -0.2) is 42.2 Å². The Bertz CT molecular complexity index is 430. The predicted molar refractivity (Wildman–Crippen MR) is 73.1 cm³/mol. The lowest BCUT2D eigenvalue weighted by Gasteiger charge is -2.34. The van der Waals surface area contributed by atoms with Crippen LogP contribution in [0, 0.1) is 5.92 Å². The van der Waals surface area contributed by atoms with Gasteiger partial charge in [0.2, 0.25) is 5.91 Å². The van der Waals surface area contributed by atoms with Gasteiger partial charge in [-0.1, -0.05) is 19.1 Å². The molecule has 0 spiro atoms. The van der Waals surface area contributed by atoms with Crippen LogP contribution in [-0.2, 0) is 11.2 Å². The molecule has 0 bridgehead atoms. The predicted octanol–water partition coefficient (Wildman–Crippen LogP) is 1.47. The average molecular weight is 263 g/mol. The van der Waals surface area contributed by atoms with E-state index in [0.29, 0.717) is 13.0 Å². The minimum atomic E-state index is -0.395. The van der Waals surface area contributed by atoms with E-state index in [9.17, 15) is 9.90 Å². The summed E-state index contributed by atoms with van der Waals surface area (Å²) in [6.07, 6.45) is 0.856. The smallest absolute Gasteiger partial charge is 0.227 e. The molecule has 1 saturated heterocycles. The van der Waals surface area contributed by atoms with E-state index in [4.69, 9.17) is 4.74 Å². The van der Waals surface area contributed by atoms with Crippen molar-refractivity contribution in [3.05, 3.63) is 29.8 Å². The van der Waals surface area contributed by atoms with Gasteiger partial charge in [-0.15, -0.1) is 0 Å². The third-order valence-electron chi connectivity index (χ3n) is 3.79. The van der Waals surface area contributed by atoms with Gasteiger partial charge in [0.25, 0.3) is 0 Å². The number of rotatable bonds is 3. The van der Waals surface area contributed by atoms with Gasteiger partial charge in [-0.25, -0.2) is 0 Å². The molecule has 104 valence electrons. The first kappa shape index (κ1) is 13.9. The lowest BCUT2D eigenvalue weighted by molar-refractivity contribution is -0.134. The van der Waals surface area contributed by atoms with Crippen LogP contribution in [0.1, 0.15) is 18.9 Å². The van der Waals surface area contributed by atoms with Crippen LogP contribution >= 0.6 is 0 Å². The summed E-state index contributed by atoms with van der Waals surface area (Å²) < 4.78 is 5.09. The number of carbonyl (C=O) groups excluding carboxylic acids is 1. The van der Waals surface area contributed by atoms with E-state index in [2.05, 4.69) is 0 Å². The summed E-state index contributed by atoms with van der Waals surface area (Å²) in [7, 11) is 1.62. The second-order valence-electron chi connectivity index (χ2n) is 5.20. The first-order valence-electron chi connectivity index (χ1n) is 6.69. The molecule has 0 aliphatic carbocycles. The molecule has 1 amide bonds. The van der Waals surface area contributed by atoms with Gasteiger partial charge in [0.05, 0.1) is 19.6 Å². The zero-order valence-corrected chi connectivity index (χ0v) is 11.5. The number of hydrogen-bond acceptors (Lipinski definition) is 3. The van der Waals surface area contributed by atoms with Gasteiger partial charge < -0.3 is 14.7 Å². The van der Waals surface area contributed by atoms with Crippen molar-refractivity contribution >= 4 is 5.91 Å². The van der Waals surface area contributed by atoms with E-state index in [-0.39, 0.29) is 11.8 Å². The maximum atomic E-state index is 12.2. The Morgan fingerprint density at radius 3 is 2.68 bits per heavy atom. The summed E-state index contributed by atoms with van der Waals surface area (Å²) in [5.74, 6) is 1.15. The number of aliphatic hydroxyl groups is 1. The Morgan fingerprint density at radius 1 is 1.42 bits per heavy atom. The van der Waals surface area contributed by atoms with Crippen LogP contribution in [0.2, 0.25) is 0 Å². The molecule has 1 fully saturated rings. The minimum absolute atomic E-state index is 0.0797. The molecule has 0 radical (unpaired) electrons. The molecule has 0 aromatic heterocycles. The molecular formula is C15H21NO3. The average Bonchev–Trinajstić information content (AvgIpc) is 2.42. The van der Waals surface area contributed by atoms with Crippen molar-refractivity contribution in [3.8, 4) is 5.75 Å². The number of β-amino-alcohol motifs (C(OH)–C–C–N with tert-alkyl or cyclic N) is 1. The maximum Gasteiger partial charge on any atom is 0.227 e. The molecule has 0 saturated carbocycles. The zero-order chi connectivity index (χ0) is 13.8. The number of hydrogen-bond donors (Lipinski definition) is 1. The van der Waals surface area contributed by atoms with Gasteiger partial charge in [0, 0.05) is 13.1 Å². The number of likely N-dealkylation sites (tertiary alicyclic amines) is 1. The van der Waals surface area contributed by atoms with Crippen molar-refractivity contribution in [3.63, 3.8) is 0 Å². The SMILES string of the molecule is COc1ccc(CC(=O)N2CCC(C)C(O)C2)cc1. The summed E-state index contributed by atoms with van der Waals surface area (Å²) in [5, 5.41) is 9.82. The lowest BCUT2D eigenvalue weighted by Crippen LogP contribution is -2.46. The highest BCUT2D eigenvalue weighted by atomic mass is 16.5. The van der Waals surface area contributed by atoms with E-state index >= 15 is 0 Å². The van der Waals surface area contributed by atoms with E-state index in [1.165, 1.54) is 0 Å². The summed E-state index contributed by atoms with van der Waals surface area (Å²) in [6, 6.07) is 7.52. The molecule has 1 aliphatic heterocycles. The van der Waals surface area contributed by atoms with Crippen molar-refractivity contribution in [1.29, 1.82) is 0 Å². The number of methoxy groups -OCH3 is 1. The van der Waals surface area contributed by atoms with Crippen LogP contribution in [0.25, 0.3) is 0 Å². The van der Waals surface area contributed by atoms with E-state index < -0.39 is 6.10 Å². The first-order valence-corrected chi connectivity index (χ1v) is 6.69. The third kappa shape index (κ3) is 3.47. The highest BCUT2D eigenvalue weighted by molar-refractivity contribution is 5.79. The normalized spacial score (nSPS) is 23.2. The number of nitrogens with zero attached hydrogens (tertiary/aromatic N) is 1. The summed E-state index contributed by atoms with van der Waals surface area (Å²) in [4.78, 5) is 13.9. The van der Waals surface area contributed by atoms with Crippen LogP contribution in [0.4, 0.5) is 0 Å². The summed E-state index contributed by atoms with van der Waals surface area (Å²) in [6.45, 7) is 3.22. The number of piperidine rings is 1. The Balaban J connectivity index is 1.93. The molecule has 19 heavy (non-hydrogen) atoms. The number of amides is 1. The Hall–Kier alpha value is -1.55. The first-order chi connectivity index (χ1) is 9.10.